The van der Waals surface area contributed by atoms with E-state index in [0.29, 0.717) is 17.6 Å². The summed E-state index contributed by atoms with van der Waals surface area (Å²) in [5.41, 5.74) is 6.71. The lowest BCUT2D eigenvalue weighted by Gasteiger charge is -2.44. The molecule has 2 fully saturated rings. The number of ether oxygens (including phenoxy) is 1. The fourth-order valence-corrected chi connectivity index (χ4v) is 5.44. The van der Waals surface area contributed by atoms with Crippen LogP contribution in [0.15, 0.2) is 42.5 Å². The first kappa shape index (κ1) is 22.6. The zero-order chi connectivity index (χ0) is 23.5. The van der Waals surface area contributed by atoms with Gasteiger partial charge < -0.3 is 25.7 Å². The van der Waals surface area contributed by atoms with Gasteiger partial charge in [0, 0.05) is 56.4 Å². The van der Waals surface area contributed by atoms with Crippen LogP contribution in [0.25, 0.3) is 6.08 Å². The molecule has 0 bridgehead atoms. The molecule has 0 aromatic heterocycles. The Morgan fingerprint density at radius 2 is 2.15 bits per heavy atom. The van der Waals surface area contributed by atoms with Gasteiger partial charge in [0.25, 0.3) is 0 Å². The summed E-state index contributed by atoms with van der Waals surface area (Å²) >= 11 is 0. The lowest BCUT2D eigenvalue weighted by Crippen LogP contribution is -2.51. The van der Waals surface area contributed by atoms with Gasteiger partial charge in [-0.1, -0.05) is 12.1 Å². The summed E-state index contributed by atoms with van der Waals surface area (Å²) in [6.45, 7) is 8.42. The maximum absolute atomic E-state index is 9.35. The Balaban J connectivity index is 1.38. The maximum Gasteiger partial charge on any atom is 0.0991 e. The highest BCUT2D eigenvalue weighted by molar-refractivity contribution is 5.80. The number of nitrogens with zero attached hydrogens (tertiary/aromatic N) is 3. The predicted molar refractivity (Wildman–Crippen MR) is 136 cm³/mol. The smallest absolute Gasteiger partial charge is 0.0991 e. The molecule has 7 nitrogen and oxygen atoms in total. The molecular formula is C27H32N6O. The van der Waals surface area contributed by atoms with E-state index < -0.39 is 0 Å². The molecule has 0 amide bonds. The predicted octanol–water partition coefficient (Wildman–Crippen LogP) is 3.39. The van der Waals surface area contributed by atoms with Crippen LogP contribution in [0.1, 0.15) is 35.2 Å². The lowest BCUT2D eigenvalue weighted by atomic mass is 9.99. The molecule has 34 heavy (non-hydrogen) atoms. The Morgan fingerprint density at radius 1 is 1.24 bits per heavy atom. The molecule has 176 valence electrons. The fourth-order valence-electron chi connectivity index (χ4n) is 5.44. The number of nitriles is 1. The molecule has 2 aromatic carbocycles. The number of nitrogens with one attached hydrogen (secondary N) is 3. The standard InChI is InChI=1S/C27H32N6O/c1-19-15-32(26-7-4-20(13-29)11-21(26)3-2-8-28)17-27-25-6-5-23(12-22(25)16-33(19)27)31-24-14-30-9-10-34-18-24/h2-8,11-12,19,24,27-28,30-31H,9-10,14-18H2,1H3/b3-2-,28-8?/t19-,24+,27-/m1/s1. The monoisotopic (exact) mass is 456 g/mol. The third-order valence-corrected chi connectivity index (χ3v) is 7.07. The summed E-state index contributed by atoms with van der Waals surface area (Å²) in [6.07, 6.45) is 4.92. The molecule has 0 radical (unpaired) electrons. The van der Waals surface area contributed by atoms with Crippen molar-refractivity contribution in [3.05, 3.63) is 64.7 Å². The highest BCUT2D eigenvalue weighted by atomic mass is 16.5. The minimum absolute atomic E-state index is 0.280. The van der Waals surface area contributed by atoms with Gasteiger partial charge in [0.2, 0.25) is 0 Å². The zero-order valence-electron chi connectivity index (χ0n) is 19.6. The van der Waals surface area contributed by atoms with Crippen molar-refractivity contribution >= 4 is 23.7 Å². The summed E-state index contributed by atoms with van der Waals surface area (Å²) in [5, 5.41) is 23.8. The van der Waals surface area contributed by atoms with E-state index in [0.717, 1.165) is 62.9 Å². The van der Waals surface area contributed by atoms with Crippen LogP contribution in [-0.2, 0) is 11.3 Å². The number of hydrogen-bond acceptors (Lipinski definition) is 7. The van der Waals surface area contributed by atoms with E-state index in [1.807, 2.05) is 18.2 Å². The van der Waals surface area contributed by atoms with Crippen molar-refractivity contribution in [2.45, 2.75) is 31.6 Å². The first-order chi connectivity index (χ1) is 16.7. The van der Waals surface area contributed by atoms with E-state index in [1.165, 1.54) is 17.3 Å². The summed E-state index contributed by atoms with van der Waals surface area (Å²) in [4.78, 5) is 5.05. The van der Waals surface area contributed by atoms with Gasteiger partial charge in [0.05, 0.1) is 36.9 Å². The van der Waals surface area contributed by atoms with E-state index in [4.69, 9.17) is 10.1 Å². The van der Waals surface area contributed by atoms with Crippen LogP contribution >= 0.6 is 0 Å². The topological polar surface area (TPSA) is 87.4 Å². The highest BCUT2D eigenvalue weighted by Crippen LogP contribution is 2.41. The van der Waals surface area contributed by atoms with Crippen molar-refractivity contribution in [2.24, 2.45) is 0 Å². The number of benzene rings is 2. The molecule has 5 rings (SSSR count). The van der Waals surface area contributed by atoms with Gasteiger partial charge in [-0.3, -0.25) is 4.90 Å². The molecule has 3 aliphatic heterocycles. The molecule has 2 saturated heterocycles. The number of rotatable bonds is 5. The van der Waals surface area contributed by atoms with Gasteiger partial charge in [-0.25, -0.2) is 0 Å². The summed E-state index contributed by atoms with van der Waals surface area (Å²) in [5.74, 6) is 0. The number of hydrogen-bond donors (Lipinski definition) is 3. The second-order valence-electron chi connectivity index (χ2n) is 9.39. The first-order valence-electron chi connectivity index (χ1n) is 12.1. The van der Waals surface area contributed by atoms with Crippen molar-refractivity contribution in [2.75, 3.05) is 49.6 Å². The molecule has 3 aliphatic rings. The molecule has 0 unspecified atom stereocenters. The van der Waals surface area contributed by atoms with Crippen LogP contribution in [0.3, 0.4) is 0 Å². The molecule has 0 aliphatic carbocycles. The number of piperazine rings is 1. The molecule has 0 spiro atoms. The summed E-state index contributed by atoms with van der Waals surface area (Å²) < 4.78 is 5.69. The molecule has 3 heterocycles. The van der Waals surface area contributed by atoms with Crippen molar-refractivity contribution in [1.29, 1.82) is 10.7 Å². The largest absolute Gasteiger partial charge is 0.379 e. The number of allylic oxidation sites excluding steroid dienone is 1. The third kappa shape index (κ3) is 4.58. The Bertz CT molecular complexity index is 1110. The van der Waals surface area contributed by atoms with Crippen molar-refractivity contribution in [3.63, 3.8) is 0 Å². The molecule has 3 atom stereocenters. The van der Waals surface area contributed by atoms with E-state index >= 15 is 0 Å². The molecule has 7 heteroatoms. The first-order valence-corrected chi connectivity index (χ1v) is 12.1. The van der Waals surface area contributed by atoms with Crippen LogP contribution in [-0.4, -0.2) is 62.6 Å². The second-order valence-corrected chi connectivity index (χ2v) is 9.39. The average molecular weight is 457 g/mol. The molecule has 0 saturated carbocycles. The zero-order valence-corrected chi connectivity index (χ0v) is 19.6. The van der Waals surface area contributed by atoms with Gasteiger partial charge >= 0.3 is 0 Å². The SMILES string of the molecule is C[C@@H]1CN(c2ccc(C#N)cc2/C=C\C=N)C[C@@H]2c3ccc(N[C@H]4CNCCOC4)cc3CN12. The van der Waals surface area contributed by atoms with Crippen molar-refractivity contribution in [1.82, 2.24) is 10.2 Å². The Labute approximate surface area is 201 Å². The molecule has 2 aromatic rings. The van der Waals surface area contributed by atoms with E-state index in [2.05, 4.69) is 57.7 Å². The summed E-state index contributed by atoms with van der Waals surface area (Å²) in [7, 11) is 0. The van der Waals surface area contributed by atoms with E-state index in [1.54, 1.807) is 6.08 Å². The quantitative estimate of drug-likeness (QED) is 0.598. The van der Waals surface area contributed by atoms with E-state index in [-0.39, 0.29) is 6.04 Å². The van der Waals surface area contributed by atoms with E-state index in [9.17, 15) is 5.26 Å². The average Bonchev–Trinajstić information content (AvgIpc) is 3.02. The van der Waals surface area contributed by atoms with Gasteiger partial charge in [-0.15, -0.1) is 0 Å². The number of anilines is 2. The Hall–Kier alpha value is -3.18. The van der Waals surface area contributed by atoms with Gasteiger partial charge in [-0.05, 0) is 60.0 Å². The maximum atomic E-state index is 9.35. The van der Waals surface area contributed by atoms with Gasteiger partial charge in [-0.2, -0.15) is 5.26 Å². The molecular weight excluding hydrogens is 424 g/mol. The van der Waals surface area contributed by atoms with Crippen LogP contribution < -0.4 is 15.5 Å². The van der Waals surface area contributed by atoms with Crippen LogP contribution in [0, 0.1) is 16.7 Å². The third-order valence-electron chi connectivity index (χ3n) is 7.07. The van der Waals surface area contributed by atoms with Gasteiger partial charge in [0.15, 0.2) is 0 Å². The lowest BCUT2D eigenvalue weighted by molar-refractivity contribution is 0.134. The highest BCUT2D eigenvalue weighted by Gasteiger charge is 2.39. The normalized spacial score (nSPS) is 24.8. The van der Waals surface area contributed by atoms with Crippen molar-refractivity contribution < 1.29 is 4.74 Å². The van der Waals surface area contributed by atoms with Crippen molar-refractivity contribution in [3.8, 4) is 6.07 Å². The second kappa shape index (κ2) is 9.98. The van der Waals surface area contributed by atoms with Crippen LogP contribution in [0.5, 0.6) is 0 Å². The number of fused-ring (bicyclic) bond motifs is 3. The molecule has 3 N–H and O–H groups in total. The Morgan fingerprint density at radius 3 is 3.00 bits per heavy atom. The minimum Gasteiger partial charge on any atom is -0.379 e. The Kier molecular flexibility index (Phi) is 6.63. The van der Waals surface area contributed by atoms with Gasteiger partial charge in [0.1, 0.15) is 0 Å². The van der Waals surface area contributed by atoms with Crippen LogP contribution in [0.2, 0.25) is 0 Å². The fraction of sp³-hybridized carbons (Fsp3) is 0.407. The minimum atomic E-state index is 0.280. The summed E-state index contributed by atoms with van der Waals surface area (Å²) in [6, 6.07) is 15.9. The van der Waals surface area contributed by atoms with Crippen LogP contribution in [0.4, 0.5) is 11.4 Å².